The lowest BCUT2D eigenvalue weighted by atomic mass is 10.2. The van der Waals surface area contributed by atoms with Crippen LogP contribution in [0.2, 0.25) is 0 Å². The van der Waals surface area contributed by atoms with Gasteiger partial charge in [0, 0.05) is 6.21 Å². The van der Waals surface area contributed by atoms with Crippen molar-refractivity contribution in [3.63, 3.8) is 0 Å². The first-order chi connectivity index (χ1) is 7.31. The molecule has 0 atom stereocenters. The van der Waals surface area contributed by atoms with Crippen LogP contribution in [0.4, 0.5) is 0 Å². The molecule has 0 saturated carbocycles. The summed E-state index contributed by atoms with van der Waals surface area (Å²) in [5.74, 6) is 1.43. The zero-order valence-electron chi connectivity index (χ0n) is 9.06. The van der Waals surface area contributed by atoms with Gasteiger partial charge in [0.1, 0.15) is 0 Å². The summed E-state index contributed by atoms with van der Waals surface area (Å²) >= 11 is 0. The molecule has 0 amide bonds. The van der Waals surface area contributed by atoms with Crippen molar-refractivity contribution in [3.8, 4) is 11.5 Å². The molecule has 0 bridgehead atoms. The van der Waals surface area contributed by atoms with E-state index in [4.69, 9.17) is 9.47 Å². The maximum atomic E-state index is 5.18. The molecular formula is C12H15NO2. The predicted molar refractivity (Wildman–Crippen MR) is 62.2 cm³/mol. The summed E-state index contributed by atoms with van der Waals surface area (Å²) in [7, 11) is 3.23. The first kappa shape index (κ1) is 11.3. The van der Waals surface area contributed by atoms with Gasteiger partial charge in [-0.25, -0.2) is 0 Å². The number of benzene rings is 1. The van der Waals surface area contributed by atoms with Crippen molar-refractivity contribution in [3.05, 3.63) is 36.4 Å². The lowest BCUT2D eigenvalue weighted by Gasteiger charge is -2.07. The van der Waals surface area contributed by atoms with E-state index in [9.17, 15) is 0 Å². The highest BCUT2D eigenvalue weighted by molar-refractivity contribution is 5.81. The molecule has 80 valence electrons. The standard InChI is InChI=1S/C12H15NO2/c1-4-7-13-9-10-5-6-11(14-2)12(8-10)15-3/h4-6,8-9H,1,7H2,2-3H3/b13-9+. The highest BCUT2D eigenvalue weighted by Crippen LogP contribution is 2.26. The third-order valence-electron chi connectivity index (χ3n) is 1.88. The Labute approximate surface area is 90.1 Å². The van der Waals surface area contributed by atoms with E-state index in [1.807, 2.05) is 18.2 Å². The zero-order valence-corrected chi connectivity index (χ0v) is 9.06. The summed E-state index contributed by atoms with van der Waals surface area (Å²) in [6, 6.07) is 5.66. The molecule has 0 aliphatic heterocycles. The number of hydrogen-bond acceptors (Lipinski definition) is 3. The van der Waals surface area contributed by atoms with Gasteiger partial charge >= 0.3 is 0 Å². The summed E-state index contributed by atoms with van der Waals surface area (Å²) in [5.41, 5.74) is 0.981. The smallest absolute Gasteiger partial charge is 0.161 e. The minimum absolute atomic E-state index is 0.619. The lowest BCUT2D eigenvalue weighted by Crippen LogP contribution is -1.92. The molecule has 1 rings (SSSR count). The topological polar surface area (TPSA) is 30.8 Å². The Morgan fingerprint density at radius 3 is 2.60 bits per heavy atom. The van der Waals surface area contributed by atoms with Crippen molar-refractivity contribution in [1.29, 1.82) is 0 Å². The number of aliphatic imine (C=N–C) groups is 1. The van der Waals surface area contributed by atoms with Gasteiger partial charge in [0.2, 0.25) is 0 Å². The quantitative estimate of drug-likeness (QED) is 0.545. The second kappa shape index (κ2) is 5.86. The zero-order chi connectivity index (χ0) is 11.1. The van der Waals surface area contributed by atoms with Gasteiger partial charge in [0.25, 0.3) is 0 Å². The average molecular weight is 205 g/mol. The van der Waals surface area contributed by atoms with Gasteiger partial charge in [-0.2, -0.15) is 0 Å². The van der Waals surface area contributed by atoms with Crippen LogP contribution in [0.5, 0.6) is 11.5 Å². The van der Waals surface area contributed by atoms with Gasteiger partial charge in [0.15, 0.2) is 11.5 Å². The molecule has 0 aliphatic carbocycles. The molecule has 0 heterocycles. The number of rotatable bonds is 5. The average Bonchev–Trinajstić information content (AvgIpc) is 2.29. The highest BCUT2D eigenvalue weighted by atomic mass is 16.5. The van der Waals surface area contributed by atoms with E-state index in [0.717, 1.165) is 11.3 Å². The highest BCUT2D eigenvalue weighted by Gasteiger charge is 2.02. The molecule has 0 saturated heterocycles. The van der Waals surface area contributed by atoms with Gasteiger partial charge < -0.3 is 9.47 Å². The lowest BCUT2D eigenvalue weighted by molar-refractivity contribution is 0.355. The van der Waals surface area contributed by atoms with Crippen molar-refractivity contribution in [2.75, 3.05) is 20.8 Å². The summed E-state index contributed by atoms with van der Waals surface area (Å²) in [4.78, 5) is 4.15. The number of hydrogen-bond donors (Lipinski definition) is 0. The van der Waals surface area contributed by atoms with Crippen LogP contribution in [0, 0.1) is 0 Å². The van der Waals surface area contributed by atoms with Crippen molar-refractivity contribution >= 4 is 6.21 Å². The molecule has 0 fully saturated rings. The van der Waals surface area contributed by atoms with E-state index in [0.29, 0.717) is 12.3 Å². The van der Waals surface area contributed by atoms with Crippen LogP contribution < -0.4 is 9.47 Å². The normalized spacial score (nSPS) is 10.3. The summed E-state index contributed by atoms with van der Waals surface area (Å²) in [6.45, 7) is 4.21. The Bertz CT molecular complexity index is 359. The Balaban J connectivity index is 2.87. The maximum Gasteiger partial charge on any atom is 0.161 e. The van der Waals surface area contributed by atoms with Crippen LogP contribution in [-0.2, 0) is 0 Å². The van der Waals surface area contributed by atoms with Crippen LogP contribution in [0.3, 0.4) is 0 Å². The van der Waals surface area contributed by atoms with E-state index in [-0.39, 0.29) is 0 Å². The first-order valence-corrected chi connectivity index (χ1v) is 4.64. The molecule has 15 heavy (non-hydrogen) atoms. The first-order valence-electron chi connectivity index (χ1n) is 4.64. The van der Waals surface area contributed by atoms with Crippen molar-refractivity contribution in [2.24, 2.45) is 4.99 Å². The van der Waals surface area contributed by atoms with E-state index >= 15 is 0 Å². The number of methoxy groups -OCH3 is 2. The molecule has 0 aromatic heterocycles. The fraction of sp³-hybridized carbons (Fsp3) is 0.250. The Morgan fingerprint density at radius 1 is 1.27 bits per heavy atom. The summed E-state index contributed by atoms with van der Waals surface area (Å²) < 4.78 is 10.3. The fourth-order valence-corrected chi connectivity index (χ4v) is 1.17. The van der Waals surface area contributed by atoms with E-state index in [2.05, 4.69) is 11.6 Å². The van der Waals surface area contributed by atoms with Crippen LogP contribution in [-0.4, -0.2) is 27.0 Å². The molecule has 0 radical (unpaired) electrons. The Kier molecular flexibility index (Phi) is 4.41. The molecule has 3 heteroatoms. The monoisotopic (exact) mass is 205 g/mol. The third kappa shape index (κ3) is 3.13. The van der Waals surface area contributed by atoms with Gasteiger partial charge in [-0.1, -0.05) is 6.08 Å². The molecule has 0 spiro atoms. The number of ether oxygens (including phenoxy) is 2. The van der Waals surface area contributed by atoms with Crippen LogP contribution in [0.1, 0.15) is 5.56 Å². The van der Waals surface area contributed by atoms with Crippen LogP contribution >= 0.6 is 0 Å². The van der Waals surface area contributed by atoms with E-state index in [1.165, 1.54) is 0 Å². The second-order valence-electron chi connectivity index (χ2n) is 2.90. The molecule has 0 N–H and O–H groups in total. The summed E-state index contributed by atoms with van der Waals surface area (Å²) in [5, 5.41) is 0. The van der Waals surface area contributed by atoms with Gasteiger partial charge in [-0.15, -0.1) is 6.58 Å². The molecule has 3 nitrogen and oxygen atoms in total. The molecular weight excluding hydrogens is 190 g/mol. The largest absolute Gasteiger partial charge is 0.493 e. The third-order valence-corrected chi connectivity index (χ3v) is 1.88. The van der Waals surface area contributed by atoms with E-state index < -0.39 is 0 Å². The Morgan fingerprint density at radius 2 is 2.00 bits per heavy atom. The second-order valence-corrected chi connectivity index (χ2v) is 2.90. The van der Waals surface area contributed by atoms with Gasteiger partial charge in [0.05, 0.1) is 20.8 Å². The molecule has 1 aromatic rings. The predicted octanol–water partition coefficient (Wildman–Crippen LogP) is 2.31. The molecule has 0 unspecified atom stereocenters. The van der Waals surface area contributed by atoms with Crippen LogP contribution in [0.15, 0.2) is 35.8 Å². The van der Waals surface area contributed by atoms with Crippen molar-refractivity contribution < 1.29 is 9.47 Å². The SMILES string of the molecule is C=CC/N=C/c1ccc(OC)c(OC)c1. The fourth-order valence-electron chi connectivity index (χ4n) is 1.17. The van der Waals surface area contributed by atoms with E-state index in [1.54, 1.807) is 26.5 Å². The van der Waals surface area contributed by atoms with Crippen molar-refractivity contribution in [1.82, 2.24) is 0 Å². The maximum absolute atomic E-state index is 5.18. The Hall–Kier alpha value is -1.77. The minimum Gasteiger partial charge on any atom is -0.493 e. The van der Waals surface area contributed by atoms with Gasteiger partial charge in [-0.3, -0.25) is 4.99 Å². The van der Waals surface area contributed by atoms with Crippen molar-refractivity contribution in [2.45, 2.75) is 0 Å². The summed E-state index contributed by atoms with van der Waals surface area (Å²) in [6.07, 6.45) is 3.53. The van der Waals surface area contributed by atoms with Crippen LogP contribution in [0.25, 0.3) is 0 Å². The molecule has 0 aliphatic rings. The molecule has 1 aromatic carbocycles. The number of nitrogens with zero attached hydrogens (tertiary/aromatic N) is 1. The van der Waals surface area contributed by atoms with Gasteiger partial charge in [-0.05, 0) is 23.8 Å². The minimum atomic E-state index is 0.619.